The topological polar surface area (TPSA) is 127 Å². The number of aromatic nitrogens is 6. The number of rotatable bonds is 5. The van der Waals surface area contributed by atoms with Gasteiger partial charge < -0.3 is 10.6 Å². The van der Waals surface area contributed by atoms with Gasteiger partial charge >= 0.3 is 0 Å². The minimum absolute atomic E-state index is 0.309. The summed E-state index contributed by atoms with van der Waals surface area (Å²) in [5, 5.41) is 17.4. The fourth-order valence-corrected chi connectivity index (χ4v) is 4.73. The molecular formula is C24H29N11. The number of aliphatic imine (C=N–C) groups is 1. The molecule has 0 saturated carbocycles. The quantitative estimate of drug-likeness (QED) is 0.297. The molecule has 2 aliphatic heterocycles. The molecule has 2 aliphatic rings. The van der Waals surface area contributed by atoms with Gasteiger partial charge in [-0.1, -0.05) is 0 Å². The van der Waals surface area contributed by atoms with E-state index in [9.17, 15) is 0 Å². The first-order chi connectivity index (χ1) is 17.2. The van der Waals surface area contributed by atoms with Crippen molar-refractivity contribution >= 4 is 23.1 Å². The lowest BCUT2D eigenvalue weighted by atomic mass is 9.96. The molecule has 0 bridgehead atoms. The first-order valence-electron chi connectivity index (χ1n) is 12.1. The lowest BCUT2D eigenvalue weighted by Crippen LogP contribution is -2.32. The number of hydrogen-bond donors (Lipinski definition) is 3. The van der Waals surface area contributed by atoms with Crippen LogP contribution >= 0.6 is 0 Å². The molecule has 6 heterocycles. The number of nitrogens with one attached hydrogen (secondary N) is 2. The predicted octanol–water partition coefficient (Wildman–Crippen LogP) is 1.74. The number of hydrazine groups is 1. The van der Waals surface area contributed by atoms with Crippen LogP contribution in [0.5, 0.6) is 0 Å². The third-order valence-corrected chi connectivity index (χ3v) is 6.62. The fourth-order valence-electron chi connectivity index (χ4n) is 4.73. The van der Waals surface area contributed by atoms with Crippen molar-refractivity contribution in [1.82, 2.24) is 40.0 Å². The molecule has 1 unspecified atom stereocenters. The summed E-state index contributed by atoms with van der Waals surface area (Å²) in [5.74, 6) is 9.18. The average molecular weight is 472 g/mol. The maximum atomic E-state index is 6.67. The van der Waals surface area contributed by atoms with E-state index in [-0.39, 0.29) is 0 Å². The summed E-state index contributed by atoms with van der Waals surface area (Å²) in [6.45, 7) is 3.69. The molecule has 1 atom stereocenters. The van der Waals surface area contributed by atoms with Gasteiger partial charge in [-0.25, -0.2) is 20.8 Å². The molecule has 0 spiro atoms. The minimum atomic E-state index is 0.309. The van der Waals surface area contributed by atoms with Crippen LogP contribution < -0.4 is 21.5 Å². The van der Waals surface area contributed by atoms with Crippen molar-refractivity contribution in [2.24, 2.45) is 17.9 Å². The van der Waals surface area contributed by atoms with Gasteiger partial charge in [0.05, 0.1) is 18.1 Å². The Hall–Kier alpha value is -3.83. The molecule has 180 valence electrons. The molecule has 0 amide bonds. The van der Waals surface area contributed by atoms with Crippen LogP contribution in [0.25, 0.3) is 16.8 Å². The molecule has 0 radical (unpaired) electrons. The minimum Gasteiger partial charge on any atom is -0.370 e. The van der Waals surface area contributed by atoms with Crippen LogP contribution in [-0.4, -0.2) is 61.4 Å². The molecule has 1 fully saturated rings. The van der Waals surface area contributed by atoms with Crippen LogP contribution in [0.1, 0.15) is 36.4 Å². The number of pyridine rings is 1. The molecule has 1 saturated heterocycles. The van der Waals surface area contributed by atoms with Crippen molar-refractivity contribution < 1.29 is 0 Å². The zero-order chi connectivity index (χ0) is 23.8. The van der Waals surface area contributed by atoms with E-state index in [0.717, 1.165) is 79.3 Å². The number of hydrogen-bond acceptors (Lipinski definition) is 9. The molecular weight excluding hydrogens is 442 g/mol. The third-order valence-electron chi connectivity index (χ3n) is 6.62. The highest BCUT2D eigenvalue weighted by molar-refractivity contribution is 5.99. The number of nitrogens with two attached hydrogens (primary N) is 1. The van der Waals surface area contributed by atoms with Crippen LogP contribution in [0.2, 0.25) is 0 Å². The summed E-state index contributed by atoms with van der Waals surface area (Å²) in [7, 11) is 1.90. The molecule has 4 aromatic heterocycles. The number of anilines is 2. The number of nitrogens with zero attached hydrogens (tertiary/aromatic N) is 8. The van der Waals surface area contributed by atoms with Crippen molar-refractivity contribution in [2.45, 2.75) is 25.2 Å². The fraction of sp³-hybridized carbons (Fsp3) is 0.375. The van der Waals surface area contributed by atoms with Gasteiger partial charge in [-0.2, -0.15) is 14.7 Å². The van der Waals surface area contributed by atoms with Crippen LogP contribution in [-0.2, 0) is 7.05 Å². The summed E-state index contributed by atoms with van der Waals surface area (Å²) in [4.78, 5) is 14.2. The highest BCUT2D eigenvalue weighted by atomic mass is 15.5. The Morgan fingerprint density at radius 3 is 2.74 bits per heavy atom. The van der Waals surface area contributed by atoms with Gasteiger partial charge in [0.15, 0.2) is 11.5 Å². The molecule has 6 rings (SSSR count). The summed E-state index contributed by atoms with van der Waals surface area (Å²) < 4.78 is 3.56. The zero-order valence-corrected chi connectivity index (χ0v) is 19.7. The Bertz CT molecular complexity index is 1360. The Labute approximate surface area is 203 Å². The standard InChI is InChI=1S/C24H29N11/c1-33-15-18(13-30-33)19-14-31-35-22(10-20(32-24(19)35)16-4-2-7-26-11-16)34(25)21-6-5-17(12-29-21)23-27-8-3-9-28-23/h5-6,10,12-16,26H,2-4,7-9,11,25H2,1H3,(H,27,28). The molecule has 4 aromatic rings. The molecule has 4 N–H and O–H groups in total. The first-order valence-corrected chi connectivity index (χ1v) is 12.1. The second-order valence-corrected chi connectivity index (χ2v) is 9.06. The van der Waals surface area contributed by atoms with Crippen molar-refractivity contribution in [1.29, 1.82) is 0 Å². The van der Waals surface area contributed by atoms with Gasteiger partial charge in [-0.3, -0.25) is 9.67 Å². The summed E-state index contributed by atoms with van der Waals surface area (Å²) in [6.07, 6.45) is 10.7. The SMILES string of the molecule is Cn1cc(-c2cnn3c(N(N)c4ccc(C5=NCCCN5)cn4)cc(C4CCCNC4)nc23)cn1. The Morgan fingerprint density at radius 1 is 1.09 bits per heavy atom. The maximum Gasteiger partial charge on any atom is 0.165 e. The lowest BCUT2D eigenvalue weighted by Gasteiger charge is -2.25. The van der Waals surface area contributed by atoms with E-state index in [1.165, 1.54) is 0 Å². The highest BCUT2D eigenvalue weighted by Gasteiger charge is 2.23. The first kappa shape index (κ1) is 21.7. The second kappa shape index (κ2) is 9.08. The second-order valence-electron chi connectivity index (χ2n) is 9.06. The van der Waals surface area contributed by atoms with Crippen molar-refractivity contribution in [3.63, 3.8) is 0 Å². The van der Waals surface area contributed by atoms with Gasteiger partial charge in [0.1, 0.15) is 11.7 Å². The molecule has 0 aromatic carbocycles. The predicted molar refractivity (Wildman–Crippen MR) is 135 cm³/mol. The monoisotopic (exact) mass is 471 g/mol. The van der Waals surface area contributed by atoms with E-state index < -0.39 is 0 Å². The molecule has 0 aliphatic carbocycles. The van der Waals surface area contributed by atoms with Gasteiger partial charge in [0, 0.05) is 67.8 Å². The highest BCUT2D eigenvalue weighted by Crippen LogP contribution is 2.31. The van der Waals surface area contributed by atoms with Crippen molar-refractivity contribution in [2.75, 3.05) is 31.2 Å². The van der Waals surface area contributed by atoms with Crippen LogP contribution in [0, 0.1) is 0 Å². The molecule has 11 heteroatoms. The maximum absolute atomic E-state index is 6.67. The van der Waals surface area contributed by atoms with Gasteiger partial charge in [0.2, 0.25) is 0 Å². The Kier molecular flexibility index (Phi) is 5.63. The van der Waals surface area contributed by atoms with E-state index in [0.29, 0.717) is 17.6 Å². The average Bonchev–Trinajstić information content (AvgIpc) is 3.55. The molecule has 35 heavy (non-hydrogen) atoms. The molecule has 11 nitrogen and oxygen atoms in total. The van der Waals surface area contributed by atoms with E-state index in [1.807, 2.05) is 43.8 Å². The van der Waals surface area contributed by atoms with Gasteiger partial charge in [0.25, 0.3) is 0 Å². The summed E-state index contributed by atoms with van der Waals surface area (Å²) in [5.41, 5.74) is 4.59. The van der Waals surface area contributed by atoms with Crippen molar-refractivity contribution in [3.8, 4) is 11.1 Å². The summed E-state index contributed by atoms with van der Waals surface area (Å²) >= 11 is 0. The number of fused-ring (bicyclic) bond motifs is 1. The van der Waals surface area contributed by atoms with Gasteiger partial charge in [-0.15, -0.1) is 0 Å². The number of aryl methyl sites for hydroxylation is 1. The van der Waals surface area contributed by atoms with Crippen LogP contribution in [0.4, 0.5) is 11.6 Å². The van der Waals surface area contributed by atoms with E-state index in [1.54, 1.807) is 20.4 Å². The number of piperidine rings is 1. The lowest BCUT2D eigenvalue weighted by molar-refractivity contribution is 0.455. The smallest absolute Gasteiger partial charge is 0.165 e. The third kappa shape index (κ3) is 4.13. The summed E-state index contributed by atoms with van der Waals surface area (Å²) in [6, 6.07) is 5.94. The van der Waals surface area contributed by atoms with E-state index in [4.69, 9.17) is 10.8 Å². The van der Waals surface area contributed by atoms with Crippen LogP contribution in [0.15, 0.2) is 48.0 Å². The van der Waals surface area contributed by atoms with Crippen molar-refractivity contribution in [3.05, 3.63) is 54.2 Å². The van der Waals surface area contributed by atoms with E-state index >= 15 is 0 Å². The number of amidine groups is 1. The Morgan fingerprint density at radius 2 is 2.03 bits per heavy atom. The van der Waals surface area contributed by atoms with Crippen LogP contribution in [0.3, 0.4) is 0 Å². The van der Waals surface area contributed by atoms with E-state index in [2.05, 4.69) is 30.8 Å². The zero-order valence-electron chi connectivity index (χ0n) is 19.7. The Balaban J connectivity index is 1.42. The van der Waals surface area contributed by atoms with Gasteiger partial charge in [-0.05, 0) is 37.9 Å². The largest absolute Gasteiger partial charge is 0.370 e. The normalized spacial score (nSPS) is 18.3.